The Morgan fingerprint density at radius 3 is 1.97 bits per heavy atom. The van der Waals surface area contributed by atoms with Crippen LogP contribution in [0.15, 0.2) is 95.7 Å². The van der Waals surface area contributed by atoms with Gasteiger partial charge in [0.25, 0.3) is 0 Å². The first-order valence-corrected chi connectivity index (χ1v) is 14.7. The van der Waals surface area contributed by atoms with Gasteiger partial charge in [-0.15, -0.1) is 0 Å². The van der Waals surface area contributed by atoms with Crippen molar-refractivity contribution in [3.05, 3.63) is 96.2 Å². The van der Waals surface area contributed by atoms with Gasteiger partial charge in [-0.25, -0.2) is 4.39 Å². The highest BCUT2D eigenvalue weighted by molar-refractivity contribution is 5.92. The molecule has 0 spiro atoms. The fraction of sp³-hybridized carbons (Fsp3) is 0.514. The van der Waals surface area contributed by atoms with E-state index < -0.39 is 0 Å². The molecule has 39 heavy (non-hydrogen) atoms. The summed E-state index contributed by atoms with van der Waals surface area (Å²) in [6.07, 6.45) is 21.0. The van der Waals surface area contributed by atoms with Crippen LogP contribution in [0.2, 0.25) is 0 Å². The van der Waals surface area contributed by atoms with E-state index in [1.165, 1.54) is 30.1 Å². The molecule has 1 aromatic carbocycles. The Morgan fingerprint density at radius 1 is 0.897 bits per heavy atom. The highest BCUT2D eigenvalue weighted by atomic mass is 19.1. The number of nitrogens with zero attached hydrogens (tertiary/aromatic N) is 1. The van der Waals surface area contributed by atoms with Crippen LogP contribution >= 0.6 is 0 Å². The summed E-state index contributed by atoms with van der Waals surface area (Å²) in [5.74, 6) is 0.681. The molecule has 0 aromatic heterocycles. The van der Waals surface area contributed by atoms with Crippen molar-refractivity contribution in [3.63, 3.8) is 0 Å². The van der Waals surface area contributed by atoms with Crippen molar-refractivity contribution < 1.29 is 4.39 Å². The van der Waals surface area contributed by atoms with Gasteiger partial charge in [0.2, 0.25) is 0 Å². The molecule has 1 rings (SSSR count). The Balaban J connectivity index is -0.000000269. The zero-order valence-electron chi connectivity index (χ0n) is 27.2. The minimum atomic E-state index is -0.337. The molecule has 1 unspecified atom stereocenters. The maximum Gasteiger partial charge on any atom is 0.108 e. The highest BCUT2D eigenvalue weighted by Crippen LogP contribution is 2.22. The van der Waals surface area contributed by atoms with Crippen LogP contribution < -0.4 is 10.7 Å². The number of halogens is 1. The minimum absolute atomic E-state index is 0.337. The van der Waals surface area contributed by atoms with Gasteiger partial charge >= 0.3 is 0 Å². The van der Waals surface area contributed by atoms with E-state index in [2.05, 4.69) is 85.2 Å². The molecule has 0 aliphatic heterocycles. The summed E-state index contributed by atoms with van der Waals surface area (Å²) in [5.41, 5.74) is 6.56. The third-order valence-electron chi connectivity index (χ3n) is 5.03. The highest BCUT2D eigenvalue weighted by Gasteiger charge is 2.07. The first-order chi connectivity index (χ1) is 19.0. The second-order valence-electron chi connectivity index (χ2n) is 7.75. The number of allylic oxidation sites excluding steroid dienone is 9. The van der Waals surface area contributed by atoms with Crippen LogP contribution in [0.4, 0.5) is 4.39 Å². The lowest BCUT2D eigenvalue weighted by Gasteiger charge is -2.15. The van der Waals surface area contributed by atoms with E-state index in [1.54, 1.807) is 20.0 Å². The number of hydrogen-bond donors (Lipinski definition) is 2. The smallest absolute Gasteiger partial charge is 0.108 e. The topological polar surface area (TPSA) is 36.4 Å². The van der Waals surface area contributed by atoms with E-state index in [0.717, 1.165) is 25.2 Å². The molecule has 224 valence electrons. The van der Waals surface area contributed by atoms with Gasteiger partial charge in [-0.1, -0.05) is 119 Å². The molecule has 1 atom stereocenters. The maximum atomic E-state index is 10.9. The summed E-state index contributed by atoms with van der Waals surface area (Å²) in [6, 6.07) is 10.9. The summed E-state index contributed by atoms with van der Waals surface area (Å²) in [6.45, 7) is 22.0. The summed E-state index contributed by atoms with van der Waals surface area (Å²) >= 11 is 0. The van der Waals surface area contributed by atoms with E-state index >= 15 is 0 Å². The Morgan fingerprint density at radius 2 is 1.54 bits per heavy atom. The van der Waals surface area contributed by atoms with Gasteiger partial charge in [-0.05, 0) is 84.5 Å². The predicted molar refractivity (Wildman–Crippen MR) is 180 cm³/mol. The second-order valence-corrected chi connectivity index (χ2v) is 7.75. The van der Waals surface area contributed by atoms with E-state index in [-0.39, 0.29) is 6.67 Å². The first kappa shape index (κ1) is 43.3. The summed E-state index contributed by atoms with van der Waals surface area (Å²) in [5, 5.41) is 7.51. The van der Waals surface area contributed by atoms with Crippen molar-refractivity contribution in [2.24, 2.45) is 5.10 Å². The fourth-order valence-corrected chi connectivity index (χ4v) is 3.11. The molecule has 0 saturated heterocycles. The third kappa shape index (κ3) is 33.3. The molecule has 0 radical (unpaired) electrons. The largest absolute Gasteiger partial charge is 0.316 e. The zero-order valence-corrected chi connectivity index (χ0v) is 27.2. The molecule has 0 fully saturated rings. The van der Waals surface area contributed by atoms with E-state index in [9.17, 15) is 4.39 Å². The van der Waals surface area contributed by atoms with Gasteiger partial charge in [0.1, 0.15) is 6.67 Å². The monoisotopic (exact) mass is 543 g/mol. The van der Waals surface area contributed by atoms with Crippen LogP contribution in [-0.2, 0) is 0 Å². The minimum Gasteiger partial charge on any atom is -0.316 e. The van der Waals surface area contributed by atoms with Crippen molar-refractivity contribution in [2.75, 3.05) is 26.8 Å². The van der Waals surface area contributed by atoms with Crippen LogP contribution in [0.1, 0.15) is 100.0 Å². The lowest BCUT2D eigenvalue weighted by Crippen LogP contribution is -2.19. The number of rotatable bonds is 13. The van der Waals surface area contributed by atoms with Crippen molar-refractivity contribution in [1.29, 1.82) is 0 Å². The number of nitrogens with one attached hydrogen (secondary N) is 2. The third-order valence-corrected chi connectivity index (χ3v) is 5.03. The Kier molecular flexibility index (Phi) is 44.2. The second kappa shape index (κ2) is 39.8. The van der Waals surface area contributed by atoms with Crippen molar-refractivity contribution >= 4 is 5.71 Å². The molecular weight excluding hydrogens is 481 g/mol. The van der Waals surface area contributed by atoms with E-state index in [4.69, 9.17) is 0 Å². The zero-order chi connectivity index (χ0) is 30.6. The van der Waals surface area contributed by atoms with Crippen LogP contribution in [0.5, 0.6) is 0 Å². The van der Waals surface area contributed by atoms with Gasteiger partial charge in [-0.2, -0.15) is 5.10 Å². The summed E-state index contributed by atoms with van der Waals surface area (Å²) in [7, 11) is 1.78. The SMILES string of the molecule is C/C=C/C=C/C(C)=N\NC.C/C=C\C(=C/C)CCNCCC(CC)c1ccccc1.C/C=C\CF.CC.CC. The molecule has 1 aromatic rings. The van der Waals surface area contributed by atoms with Crippen molar-refractivity contribution in [1.82, 2.24) is 10.7 Å². The number of alkyl halides is 1. The average molecular weight is 544 g/mol. The molecule has 0 amide bonds. The molecule has 0 heterocycles. The van der Waals surface area contributed by atoms with Crippen LogP contribution in [-0.4, -0.2) is 32.5 Å². The normalized spacial score (nSPS) is 12.1. The standard InChI is InChI=1S/C19H29N.C8H14N2.C4H7F.2C2H6/c1-4-10-17(5-2)13-15-20-16-14-18(6-3)19-11-8-7-9-12-19;1-4-5-6-7-8(2)10-9-3;1-2-3-4-5;2*1-2/h4-5,7-12,18,20H,6,13-16H2,1-3H3;4-7,9H,1-3H3;2-3H,4H2,1H3;2*1-2H3/b10-4-,17-5+;5-4+,7-6+,10-8-;3-2-;;. The van der Waals surface area contributed by atoms with Crippen LogP contribution in [0, 0.1) is 0 Å². The Labute approximate surface area is 243 Å². The van der Waals surface area contributed by atoms with Crippen LogP contribution in [0.25, 0.3) is 0 Å². The molecule has 3 nitrogen and oxygen atoms in total. The van der Waals surface area contributed by atoms with Gasteiger partial charge in [-0.3, -0.25) is 0 Å². The van der Waals surface area contributed by atoms with Gasteiger partial charge < -0.3 is 10.7 Å². The number of hydrazone groups is 1. The Hall–Kier alpha value is -2.72. The fourth-order valence-electron chi connectivity index (χ4n) is 3.11. The maximum absolute atomic E-state index is 10.9. The van der Waals surface area contributed by atoms with E-state index in [1.807, 2.05) is 65.8 Å². The van der Waals surface area contributed by atoms with Crippen molar-refractivity contribution in [3.8, 4) is 0 Å². The molecule has 0 bridgehead atoms. The molecule has 0 aliphatic rings. The Bertz CT molecular complexity index is 759. The average Bonchev–Trinajstić information content (AvgIpc) is 2.98. The molecule has 0 aliphatic carbocycles. The number of hydrogen-bond acceptors (Lipinski definition) is 3. The van der Waals surface area contributed by atoms with Gasteiger partial charge in [0.15, 0.2) is 0 Å². The van der Waals surface area contributed by atoms with Gasteiger partial charge in [0, 0.05) is 7.05 Å². The summed E-state index contributed by atoms with van der Waals surface area (Å²) in [4.78, 5) is 0. The molecule has 2 N–H and O–H groups in total. The van der Waals surface area contributed by atoms with E-state index in [0.29, 0.717) is 5.92 Å². The lowest BCUT2D eigenvalue weighted by atomic mass is 9.93. The summed E-state index contributed by atoms with van der Waals surface area (Å²) < 4.78 is 10.9. The van der Waals surface area contributed by atoms with Crippen molar-refractivity contribution in [2.45, 2.75) is 94.4 Å². The molecule has 0 saturated carbocycles. The predicted octanol–water partition coefficient (Wildman–Crippen LogP) is 10.4. The lowest BCUT2D eigenvalue weighted by molar-refractivity contribution is 0.556. The van der Waals surface area contributed by atoms with Crippen LogP contribution in [0.3, 0.4) is 0 Å². The molecular formula is C35H62FN3. The first-order valence-electron chi connectivity index (χ1n) is 14.7. The quantitative estimate of drug-likeness (QED) is 0.0853. The van der Waals surface area contributed by atoms with Gasteiger partial charge in [0.05, 0.1) is 5.71 Å². The molecule has 4 heteroatoms. The number of benzene rings is 1.